The Morgan fingerprint density at radius 2 is 1.40 bits per heavy atom. The molecule has 2 saturated heterocycles. The average molecular weight is 1260 g/mol. The zero-order valence-corrected chi connectivity index (χ0v) is 51.4. The van der Waals surface area contributed by atoms with E-state index in [1.807, 2.05) is 0 Å². The molecule has 1 aromatic heterocycles. The summed E-state index contributed by atoms with van der Waals surface area (Å²) in [5, 5.41) is 34.6. The van der Waals surface area contributed by atoms with E-state index in [2.05, 4.69) is 20.9 Å². The third kappa shape index (κ3) is 12.7. The van der Waals surface area contributed by atoms with Crippen molar-refractivity contribution in [2.75, 3.05) is 25.0 Å². The van der Waals surface area contributed by atoms with Crippen LogP contribution < -0.4 is 16.0 Å². The number of aliphatic hydroxyl groups excluding tert-OH is 1. The van der Waals surface area contributed by atoms with Crippen LogP contribution in [-0.4, -0.2) is 153 Å². The van der Waals surface area contributed by atoms with Gasteiger partial charge in [0.2, 0.25) is 17.9 Å². The standard InChI is InChI=1S/C68H71N5O19/c1-38-48(34-68(85)58(91-62(82)45-21-14-9-15-22-45)56-66(6,49(76)33-50-67(56,37-87-50)92-40(3)75)57(78)54(88-39(2)74)52(38)65(68,4)5)89-63(83)55(53(42-17-10-7-11-18-42)72-60(80)43-19-12-8-13-20-43)90-64(84)86-36-41-24-26-46(27-25-41)71-61(81)47-23-16-32-73(47)51(77)35-70-59(79)44-28-30-69-31-29-44/h7-15,17-22,24-31,47-50,53-56,58,76,85H,16,23,32-37H2,1-6H3,(H,70,79)(H,71,81)(H,72,80)/t47-,48-,49-,50+,53-,54+,55+,56?,58-,66+,67-,68+/m0/s1. The Labute approximate surface area is 529 Å². The first-order valence-electron chi connectivity index (χ1n) is 30.1. The summed E-state index contributed by atoms with van der Waals surface area (Å²) in [6.07, 6.45) is -9.00. The Balaban J connectivity index is 0.961. The lowest BCUT2D eigenvalue weighted by molar-refractivity contribution is -0.346. The van der Waals surface area contributed by atoms with Gasteiger partial charge in [0.05, 0.1) is 36.2 Å². The molecular weight excluding hydrogens is 1190 g/mol. The number of rotatable bonds is 18. The summed E-state index contributed by atoms with van der Waals surface area (Å²) in [7, 11) is 0. The van der Waals surface area contributed by atoms with E-state index in [-0.39, 0.29) is 47.4 Å². The van der Waals surface area contributed by atoms with Crippen molar-refractivity contribution in [3.63, 3.8) is 0 Å². The number of Topliss-reactive ketones (excluding diaryl/α,β-unsaturated/α-hetero) is 1. The second-order valence-corrected chi connectivity index (χ2v) is 24.3. The van der Waals surface area contributed by atoms with Crippen LogP contribution in [0.5, 0.6) is 0 Å². The van der Waals surface area contributed by atoms with Crippen LogP contribution in [0, 0.1) is 16.7 Å². The first kappa shape index (κ1) is 65.3. The summed E-state index contributed by atoms with van der Waals surface area (Å²) in [4.78, 5) is 146. The number of hydrogen-bond acceptors (Lipinski definition) is 20. The lowest BCUT2D eigenvalue weighted by Gasteiger charge is -2.67. The van der Waals surface area contributed by atoms with E-state index in [1.165, 1.54) is 93.5 Å². The summed E-state index contributed by atoms with van der Waals surface area (Å²) in [6.45, 7) is 7.19. The predicted molar refractivity (Wildman–Crippen MR) is 323 cm³/mol. The van der Waals surface area contributed by atoms with E-state index in [4.69, 9.17) is 33.2 Å². The second kappa shape index (κ2) is 26.7. The number of aliphatic hydroxyl groups is 2. The maximum absolute atomic E-state index is 15.9. The molecule has 12 atom stereocenters. The Morgan fingerprint density at radius 3 is 2.02 bits per heavy atom. The molecule has 24 heteroatoms. The number of nitrogens with one attached hydrogen (secondary N) is 3. The summed E-state index contributed by atoms with van der Waals surface area (Å²) in [5.74, 6) is -8.81. The highest BCUT2D eigenvalue weighted by atomic mass is 16.7. The van der Waals surface area contributed by atoms with Gasteiger partial charge in [0, 0.05) is 67.9 Å². The minimum atomic E-state index is -2.54. The SMILES string of the molecule is CC(=O)O[C@H]1C(=O)[C@@]2(C)C([C@H](OC(=O)c3ccccc3)[C@]3(O)C[C@H](OC(=O)[C@H](OC(=O)OCc4ccc(NC(=O)[C@@H]5CCCN5C(=O)CNC(=O)c5ccncc5)cc4)[C@@H](NC(=O)c4ccccc4)c4ccccc4)C(C)=C1C3(C)C)[C@]1(OC(C)=O)CO[C@@H]1C[C@@H]2O. The Kier molecular flexibility index (Phi) is 18.9. The van der Waals surface area contributed by atoms with E-state index < -0.39 is 149 Å². The largest absolute Gasteiger partial charge is 0.509 e. The van der Waals surface area contributed by atoms with Gasteiger partial charge in [-0.15, -0.1) is 0 Å². The molecule has 24 nitrogen and oxygen atoms in total. The number of likely N-dealkylation sites (tertiary alicyclic amines) is 1. The van der Waals surface area contributed by atoms with Gasteiger partial charge in [-0.1, -0.05) is 92.7 Å². The number of anilines is 1. The first-order valence-corrected chi connectivity index (χ1v) is 30.1. The third-order valence-corrected chi connectivity index (χ3v) is 18.5. The normalized spacial score (nSPS) is 26.6. The molecule has 482 valence electrons. The number of esters is 4. The summed E-state index contributed by atoms with van der Waals surface area (Å²) in [6, 6.07) is 30.5. The number of nitrogens with zero attached hydrogens (tertiary/aromatic N) is 2. The molecule has 1 unspecified atom stereocenters. The molecular formula is C68H71N5O19. The Hall–Kier alpha value is -9.65. The Bertz CT molecular complexity index is 3680. The van der Waals surface area contributed by atoms with Gasteiger partial charge in [-0.3, -0.25) is 38.5 Å². The van der Waals surface area contributed by atoms with Gasteiger partial charge < -0.3 is 64.2 Å². The van der Waals surface area contributed by atoms with Crippen molar-refractivity contribution in [2.45, 2.75) is 134 Å². The highest BCUT2D eigenvalue weighted by molar-refractivity contribution is 6.00. The van der Waals surface area contributed by atoms with Crippen LogP contribution in [0.1, 0.15) is 115 Å². The van der Waals surface area contributed by atoms with Gasteiger partial charge in [0.25, 0.3) is 11.8 Å². The average Bonchev–Trinajstić information content (AvgIpc) is 0.716. The van der Waals surface area contributed by atoms with Crippen molar-refractivity contribution >= 4 is 65.1 Å². The number of carbonyl (C=O) groups excluding carboxylic acids is 10. The molecule has 4 fully saturated rings. The lowest BCUT2D eigenvalue weighted by atomic mass is 9.44. The van der Waals surface area contributed by atoms with E-state index in [0.717, 1.165) is 13.8 Å². The molecule has 0 radical (unpaired) electrons. The van der Waals surface area contributed by atoms with Gasteiger partial charge in [0.15, 0.2) is 17.5 Å². The van der Waals surface area contributed by atoms with Crippen LogP contribution in [0.15, 0.2) is 151 Å². The molecule has 2 bridgehead atoms. The van der Waals surface area contributed by atoms with Crippen molar-refractivity contribution in [1.82, 2.24) is 20.5 Å². The third-order valence-electron chi connectivity index (χ3n) is 18.5. The number of aromatic nitrogens is 1. The van der Waals surface area contributed by atoms with Gasteiger partial charge >= 0.3 is 30.0 Å². The zero-order chi connectivity index (χ0) is 65.9. The van der Waals surface area contributed by atoms with Gasteiger partial charge in [-0.05, 0) is 97.5 Å². The predicted octanol–water partition coefficient (Wildman–Crippen LogP) is 5.85. The molecule has 0 spiro atoms. The molecule has 5 N–H and O–H groups in total. The number of benzene rings is 4. The molecule has 10 rings (SSSR count). The van der Waals surface area contributed by atoms with Gasteiger partial charge in [0.1, 0.15) is 42.6 Å². The van der Waals surface area contributed by atoms with Crippen LogP contribution in [-0.2, 0) is 68.5 Å². The maximum Gasteiger partial charge on any atom is 0.509 e. The summed E-state index contributed by atoms with van der Waals surface area (Å²) >= 11 is 0. The van der Waals surface area contributed by atoms with Crippen molar-refractivity contribution in [2.24, 2.45) is 16.7 Å². The fourth-order valence-electron chi connectivity index (χ4n) is 13.7. The van der Waals surface area contributed by atoms with Crippen LogP contribution in [0.2, 0.25) is 0 Å². The first-order chi connectivity index (χ1) is 43.9. The summed E-state index contributed by atoms with van der Waals surface area (Å²) in [5.41, 5.74) is -6.96. The highest BCUT2D eigenvalue weighted by Gasteiger charge is 2.78. The van der Waals surface area contributed by atoms with Gasteiger partial charge in [-0.2, -0.15) is 0 Å². The molecule has 3 heterocycles. The minimum absolute atomic E-state index is 0.00902. The number of fused-ring (bicyclic) bond motifs is 5. The summed E-state index contributed by atoms with van der Waals surface area (Å²) < 4.78 is 42.6. The number of hydrogen-bond donors (Lipinski definition) is 5. The van der Waals surface area contributed by atoms with Crippen LogP contribution in [0.3, 0.4) is 0 Å². The number of pyridine rings is 1. The van der Waals surface area contributed by atoms with Crippen LogP contribution in [0.25, 0.3) is 0 Å². The monoisotopic (exact) mass is 1260 g/mol. The second-order valence-electron chi connectivity index (χ2n) is 24.3. The quantitative estimate of drug-likeness (QED) is 0.0390. The lowest BCUT2D eigenvalue weighted by Crippen LogP contribution is -2.82. The fourth-order valence-corrected chi connectivity index (χ4v) is 13.7. The van der Waals surface area contributed by atoms with E-state index in [9.17, 15) is 48.6 Å². The fraction of sp³-hybridized carbons (Fsp3) is 0.397. The Morgan fingerprint density at radius 1 is 0.772 bits per heavy atom. The highest BCUT2D eigenvalue weighted by Crippen LogP contribution is 2.64. The van der Waals surface area contributed by atoms with E-state index in [0.29, 0.717) is 36.2 Å². The molecule has 5 aliphatic rings. The molecule has 4 aromatic carbocycles. The van der Waals surface area contributed by atoms with Crippen molar-refractivity contribution in [3.8, 4) is 0 Å². The number of ether oxygens (including phenoxy) is 7. The molecule has 92 heavy (non-hydrogen) atoms. The maximum atomic E-state index is 15.9. The van der Waals surface area contributed by atoms with E-state index >= 15 is 9.59 Å². The smallest absolute Gasteiger partial charge is 0.455 e. The molecule has 2 saturated carbocycles. The topological polar surface area (TPSA) is 328 Å². The minimum Gasteiger partial charge on any atom is -0.455 e. The van der Waals surface area contributed by atoms with Crippen molar-refractivity contribution in [1.29, 1.82) is 0 Å². The molecule has 5 aromatic rings. The number of carbonyl (C=O) groups is 10. The van der Waals surface area contributed by atoms with Crippen molar-refractivity contribution < 1.29 is 91.3 Å². The molecule has 2 aliphatic heterocycles. The van der Waals surface area contributed by atoms with E-state index in [1.54, 1.807) is 78.9 Å². The molecule has 4 amide bonds. The molecule has 3 aliphatic carbocycles. The van der Waals surface area contributed by atoms with Gasteiger partial charge in [-0.25, -0.2) is 14.4 Å². The van der Waals surface area contributed by atoms with Crippen LogP contribution in [0.4, 0.5) is 10.5 Å². The van der Waals surface area contributed by atoms with Crippen LogP contribution >= 0.6 is 0 Å². The van der Waals surface area contributed by atoms with Crippen molar-refractivity contribution in [3.05, 3.63) is 179 Å². The number of ketones is 1. The number of amides is 4. The zero-order valence-electron chi connectivity index (χ0n) is 51.4.